The summed E-state index contributed by atoms with van der Waals surface area (Å²) >= 11 is 0. The number of nitrogens with two attached hydrogens (primary N) is 1. The number of amides is 1. The summed E-state index contributed by atoms with van der Waals surface area (Å²) in [5.41, 5.74) is 6.46. The number of hydrogen-bond donors (Lipinski definition) is 2. The third kappa shape index (κ3) is 2.73. The molecule has 3 N–H and O–H groups in total. The van der Waals surface area contributed by atoms with Crippen molar-refractivity contribution in [2.24, 2.45) is 5.73 Å². The fourth-order valence-corrected chi connectivity index (χ4v) is 2.37. The van der Waals surface area contributed by atoms with Gasteiger partial charge < -0.3 is 25.3 Å². The molecule has 7 heteroatoms. The van der Waals surface area contributed by atoms with Crippen LogP contribution in [-0.4, -0.2) is 47.4 Å². The van der Waals surface area contributed by atoms with Crippen LogP contribution < -0.4 is 5.73 Å². The van der Waals surface area contributed by atoms with E-state index in [1.165, 1.54) is 18.1 Å². The predicted molar refractivity (Wildman–Crippen MR) is 72.4 cm³/mol. The molecule has 2 rings (SSSR count). The number of hydrogen-bond acceptors (Lipinski definition) is 6. The number of carbonyl (C=O) groups is 3. The van der Waals surface area contributed by atoms with Crippen molar-refractivity contribution in [1.82, 2.24) is 4.90 Å². The van der Waals surface area contributed by atoms with Gasteiger partial charge in [0, 0.05) is 17.5 Å². The average Bonchev–Trinajstić information content (AvgIpc) is 2.82. The predicted octanol–water partition coefficient (Wildman–Crippen LogP) is -0.194. The van der Waals surface area contributed by atoms with Crippen LogP contribution in [0.15, 0.2) is 18.2 Å². The highest BCUT2D eigenvalue weighted by Crippen LogP contribution is 2.31. The number of rotatable bonds is 5. The Morgan fingerprint density at radius 1 is 1.57 bits per heavy atom. The molecule has 2 atom stereocenters. The van der Waals surface area contributed by atoms with Gasteiger partial charge in [0.25, 0.3) is 5.91 Å². The van der Waals surface area contributed by atoms with Crippen LogP contribution in [0.25, 0.3) is 0 Å². The zero-order chi connectivity index (χ0) is 15.6. The maximum Gasteiger partial charge on any atom is 0.322 e. The Bertz CT molecular complexity index is 587. The summed E-state index contributed by atoms with van der Waals surface area (Å²) < 4.78 is 4.50. The van der Waals surface area contributed by atoms with E-state index in [-0.39, 0.29) is 24.6 Å². The number of ether oxygens (including phenoxy) is 1. The average molecular weight is 292 g/mol. The maximum atomic E-state index is 12.3. The first kappa shape index (κ1) is 15.0. The Hall–Kier alpha value is -2.41. The van der Waals surface area contributed by atoms with Crippen molar-refractivity contribution in [2.45, 2.75) is 25.0 Å². The molecule has 1 heterocycles. The molecule has 0 saturated carbocycles. The lowest BCUT2D eigenvalue weighted by Crippen LogP contribution is -2.43. The van der Waals surface area contributed by atoms with E-state index < -0.39 is 18.1 Å². The monoisotopic (exact) mass is 292 g/mol. The molecular formula is C14H16N2O5. The molecule has 0 saturated heterocycles. The maximum absolute atomic E-state index is 12.3. The second kappa shape index (κ2) is 5.92. The van der Waals surface area contributed by atoms with Gasteiger partial charge in [-0.25, -0.2) is 0 Å². The van der Waals surface area contributed by atoms with Crippen molar-refractivity contribution in [1.29, 1.82) is 0 Å². The Kier molecular flexibility index (Phi) is 4.23. The Labute approximate surface area is 121 Å². The van der Waals surface area contributed by atoms with Gasteiger partial charge in [0.15, 0.2) is 0 Å². The van der Waals surface area contributed by atoms with Crippen LogP contribution in [0.3, 0.4) is 0 Å². The second-order valence-corrected chi connectivity index (χ2v) is 4.81. The fraction of sp³-hybridized carbons (Fsp3) is 0.357. The lowest BCUT2D eigenvalue weighted by Gasteiger charge is -2.24. The summed E-state index contributed by atoms with van der Waals surface area (Å²) in [6.07, 6.45) is 0.542. The van der Waals surface area contributed by atoms with Crippen molar-refractivity contribution in [3.05, 3.63) is 29.3 Å². The minimum Gasteiger partial charge on any atom is -0.508 e. The first-order chi connectivity index (χ1) is 9.99. The second-order valence-electron chi connectivity index (χ2n) is 4.81. The molecule has 0 aromatic heterocycles. The topological polar surface area (TPSA) is 110 Å². The third-order valence-electron chi connectivity index (χ3n) is 3.53. The van der Waals surface area contributed by atoms with Gasteiger partial charge in [0.05, 0.1) is 19.7 Å². The molecule has 2 unspecified atom stereocenters. The first-order valence-electron chi connectivity index (χ1n) is 6.40. The van der Waals surface area contributed by atoms with Crippen molar-refractivity contribution >= 4 is 18.2 Å². The van der Waals surface area contributed by atoms with Crippen LogP contribution in [0, 0.1) is 0 Å². The van der Waals surface area contributed by atoms with Gasteiger partial charge >= 0.3 is 5.97 Å². The number of aldehydes is 1. The van der Waals surface area contributed by atoms with E-state index in [0.717, 1.165) is 0 Å². The number of methoxy groups -OCH3 is 1. The van der Waals surface area contributed by atoms with Crippen molar-refractivity contribution in [2.75, 3.05) is 7.11 Å². The van der Waals surface area contributed by atoms with Crippen LogP contribution in [0.2, 0.25) is 0 Å². The lowest BCUT2D eigenvalue weighted by atomic mass is 10.1. The smallest absolute Gasteiger partial charge is 0.322 e. The minimum absolute atomic E-state index is 0.00488. The quantitative estimate of drug-likeness (QED) is 0.575. The molecule has 0 bridgehead atoms. The summed E-state index contributed by atoms with van der Waals surface area (Å²) in [6.45, 7) is 0.109. The highest BCUT2D eigenvalue weighted by atomic mass is 16.5. The molecule has 1 aromatic carbocycles. The highest BCUT2D eigenvalue weighted by molar-refractivity contribution is 6.00. The highest BCUT2D eigenvalue weighted by Gasteiger charge is 2.35. The number of phenols is 1. The standard InChI is InChI=1S/C14H16N2O5/c1-21-14(20)11(15)5-8(7-17)16-6-10-9(13(16)19)3-2-4-12(10)18/h2-4,7-8,11,18H,5-6,15H2,1H3. The molecule has 1 aromatic rings. The van der Waals surface area contributed by atoms with E-state index in [0.29, 0.717) is 17.4 Å². The Morgan fingerprint density at radius 3 is 2.86 bits per heavy atom. The van der Waals surface area contributed by atoms with Crippen LogP contribution >= 0.6 is 0 Å². The van der Waals surface area contributed by atoms with Gasteiger partial charge in [-0.05, 0) is 12.1 Å². The molecule has 21 heavy (non-hydrogen) atoms. The fourth-order valence-electron chi connectivity index (χ4n) is 2.37. The molecule has 7 nitrogen and oxygen atoms in total. The van der Waals surface area contributed by atoms with Crippen LogP contribution in [0.1, 0.15) is 22.3 Å². The molecule has 1 aliphatic heterocycles. The van der Waals surface area contributed by atoms with Gasteiger partial charge in [0.2, 0.25) is 0 Å². The van der Waals surface area contributed by atoms with E-state index >= 15 is 0 Å². The number of carbonyl (C=O) groups excluding carboxylic acids is 3. The molecule has 1 amide bonds. The number of phenolic OH excluding ortho intramolecular Hbond substituents is 1. The van der Waals surface area contributed by atoms with Gasteiger partial charge in [-0.15, -0.1) is 0 Å². The number of esters is 1. The van der Waals surface area contributed by atoms with Gasteiger partial charge in [-0.3, -0.25) is 9.59 Å². The van der Waals surface area contributed by atoms with E-state index in [9.17, 15) is 19.5 Å². The molecule has 112 valence electrons. The van der Waals surface area contributed by atoms with Gasteiger partial charge in [0.1, 0.15) is 18.1 Å². The number of nitrogens with zero attached hydrogens (tertiary/aromatic N) is 1. The van der Waals surface area contributed by atoms with Crippen molar-refractivity contribution in [3.63, 3.8) is 0 Å². The van der Waals surface area contributed by atoms with Gasteiger partial charge in [-0.2, -0.15) is 0 Å². The summed E-state index contributed by atoms with van der Waals surface area (Å²) in [7, 11) is 1.20. The van der Waals surface area contributed by atoms with Crippen LogP contribution in [0.5, 0.6) is 5.75 Å². The molecule has 1 aliphatic rings. The Balaban J connectivity index is 2.19. The minimum atomic E-state index is -0.990. The van der Waals surface area contributed by atoms with Crippen molar-refractivity contribution in [3.8, 4) is 5.75 Å². The normalized spacial score (nSPS) is 16.3. The first-order valence-corrected chi connectivity index (χ1v) is 6.40. The lowest BCUT2D eigenvalue weighted by molar-refractivity contribution is -0.142. The van der Waals surface area contributed by atoms with E-state index in [1.54, 1.807) is 12.1 Å². The largest absolute Gasteiger partial charge is 0.508 e. The number of benzene rings is 1. The van der Waals surface area contributed by atoms with Crippen LogP contribution in [-0.2, 0) is 20.9 Å². The molecule has 0 fully saturated rings. The van der Waals surface area contributed by atoms with Crippen LogP contribution in [0.4, 0.5) is 0 Å². The summed E-state index contributed by atoms with van der Waals surface area (Å²) in [5, 5.41) is 9.76. The van der Waals surface area contributed by atoms with Gasteiger partial charge in [-0.1, -0.05) is 6.07 Å². The van der Waals surface area contributed by atoms with E-state index in [4.69, 9.17) is 5.73 Å². The summed E-state index contributed by atoms with van der Waals surface area (Å²) in [5.74, 6) is -1.01. The molecular weight excluding hydrogens is 276 g/mol. The van der Waals surface area contributed by atoms with Crippen molar-refractivity contribution < 1.29 is 24.2 Å². The molecule has 0 radical (unpaired) electrons. The molecule has 0 spiro atoms. The number of fused-ring (bicyclic) bond motifs is 1. The SMILES string of the molecule is COC(=O)C(N)CC(C=O)N1Cc2c(O)cccc2C1=O. The molecule has 0 aliphatic carbocycles. The third-order valence-corrected chi connectivity index (χ3v) is 3.53. The zero-order valence-corrected chi connectivity index (χ0v) is 11.5. The summed E-state index contributed by atoms with van der Waals surface area (Å²) in [4.78, 5) is 36.1. The Morgan fingerprint density at radius 2 is 2.29 bits per heavy atom. The van der Waals surface area contributed by atoms with E-state index in [1.807, 2.05) is 0 Å². The number of aromatic hydroxyl groups is 1. The van der Waals surface area contributed by atoms with E-state index in [2.05, 4.69) is 4.74 Å². The summed E-state index contributed by atoms with van der Waals surface area (Å²) in [6, 6.07) is 2.78. The zero-order valence-electron chi connectivity index (χ0n) is 11.5.